The van der Waals surface area contributed by atoms with E-state index in [0.717, 1.165) is 24.2 Å². The van der Waals surface area contributed by atoms with E-state index in [1.807, 2.05) is 43.0 Å². The van der Waals surface area contributed by atoms with Crippen LogP contribution in [-0.4, -0.2) is 33.6 Å². The van der Waals surface area contributed by atoms with Gasteiger partial charge in [-0.25, -0.2) is 0 Å². The topological polar surface area (TPSA) is 68.5 Å². The molecule has 2 aliphatic heterocycles. The van der Waals surface area contributed by atoms with E-state index < -0.39 is 6.10 Å². The average molecular weight is 327 g/mol. The van der Waals surface area contributed by atoms with Crippen LogP contribution < -0.4 is 4.74 Å². The highest BCUT2D eigenvalue weighted by Gasteiger charge is 2.39. The maximum absolute atomic E-state index is 13.0. The van der Waals surface area contributed by atoms with Crippen LogP contribution in [0.3, 0.4) is 0 Å². The summed E-state index contributed by atoms with van der Waals surface area (Å²) < 4.78 is 11.2. The average Bonchev–Trinajstić information content (AvgIpc) is 3.30. The first-order valence-corrected chi connectivity index (χ1v) is 8.52. The van der Waals surface area contributed by atoms with Crippen molar-refractivity contribution in [2.75, 3.05) is 6.54 Å². The van der Waals surface area contributed by atoms with Gasteiger partial charge in [-0.15, -0.1) is 0 Å². The predicted octanol–water partition coefficient (Wildman–Crippen LogP) is 2.86. The van der Waals surface area contributed by atoms with Gasteiger partial charge in [-0.3, -0.25) is 4.79 Å². The second-order valence-corrected chi connectivity index (χ2v) is 6.75. The SMILES string of the molecule is CC(C)c1nc([C@@H]2CCCN2C(=O)[C@@H]2Cc3ccccc3O2)no1. The Kier molecular flexibility index (Phi) is 3.75. The molecular formula is C18H21N3O3. The zero-order valence-electron chi connectivity index (χ0n) is 13.9. The first kappa shape index (κ1) is 15.2. The number of amides is 1. The smallest absolute Gasteiger partial charge is 0.264 e. The monoisotopic (exact) mass is 327 g/mol. The van der Waals surface area contributed by atoms with Crippen molar-refractivity contribution >= 4 is 5.91 Å². The first-order valence-electron chi connectivity index (χ1n) is 8.52. The highest BCUT2D eigenvalue weighted by molar-refractivity contribution is 5.83. The molecule has 24 heavy (non-hydrogen) atoms. The molecule has 1 amide bonds. The minimum absolute atomic E-state index is 0.0181. The Labute approximate surface area is 140 Å². The molecule has 1 aromatic heterocycles. The van der Waals surface area contributed by atoms with Gasteiger partial charge < -0.3 is 14.2 Å². The number of carbonyl (C=O) groups excluding carboxylic acids is 1. The molecule has 6 nitrogen and oxygen atoms in total. The Balaban J connectivity index is 1.51. The van der Waals surface area contributed by atoms with Gasteiger partial charge in [0.25, 0.3) is 5.91 Å². The fraction of sp³-hybridized carbons (Fsp3) is 0.500. The second-order valence-electron chi connectivity index (χ2n) is 6.75. The summed E-state index contributed by atoms with van der Waals surface area (Å²) in [7, 11) is 0. The van der Waals surface area contributed by atoms with Gasteiger partial charge in [0.2, 0.25) is 5.89 Å². The van der Waals surface area contributed by atoms with Gasteiger partial charge >= 0.3 is 0 Å². The number of hydrogen-bond donors (Lipinski definition) is 0. The molecule has 0 aliphatic carbocycles. The van der Waals surface area contributed by atoms with Crippen molar-refractivity contribution < 1.29 is 14.1 Å². The molecule has 126 valence electrons. The van der Waals surface area contributed by atoms with E-state index in [1.54, 1.807) is 0 Å². The summed E-state index contributed by atoms with van der Waals surface area (Å²) in [6.45, 7) is 4.74. The fourth-order valence-electron chi connectivity index (χ4n) is 3.42. The zero-order chi connectivity index (χ0) is 16.7. The van der Waals surface area contributed by atoms with E-state index in [-0.39, 0.29) is 17.9 Å². The summed E-state index contributed by atoms with van der Waals surface area (Å²) in [6, 6.07) is 7.72. The molecule has 0 spiro atoms. The van der Waals surface area contributed by atoms with Crippen LogP contribution in [0.1, 0.15) is 55.9 Å². The van der Waals surface area contributed by atoms with Gasteiger partial charge in [-0.2, -0.15) is 4.98 Å². The number of likely N-dealkylation sites (tertiary alicyclic amines) is 1. The van der Waals surface area contributed by atoms with Crippen molar-refractivity contribution in [3.05, 3.63) is 41.5 Å². The number of benzene rings is 1. The van der Waals surface area contributed by atoms with Crippen molar-refractivity contribution in [2.24, 2.45) is 0 Å². The lowest BCUT2D eigenvalue weighted by atomic mass is 10.1. The van der Waals surface area contributed by atoms with E-state index in [1.165, 1.54) is 0 Å². The van der Waals surface area contributed by atoms with Crippen LogP contribution in [0.4, 0.5) is 0 Å². The third-order valence-electron chi connectivity index (χ3n) is 4.71. The molecule has 0 unspecified atom stereocenters. The predicted molar refractivity (Wildman–Crippen MR) is 86.6 cm³/mol. The molecule has 2 atom stereocenters. The molecule has 0 radical (unpaired) electrons. The van der Waals surface area contributed by atoms with Crippen molar-refractivity contribution in [1.29, 1.82) is 0 Å². The van der Waals surface area contributed by atoms with Gasteiger partial charge in [0.1, 0.15) is 5.75 Å². The third-order valence-corrected chi connectivity index (χ3v) is 4.71. The molecule has 0 saturated carbocycles. The third kappa shape index (κ3) is 2.56. The Morgan fingerprint density at radius 1 is 1.33 bits per heavy atom. The van der Waals surface area contributed by atoms with E-state index in [0.29, 0.717) is 24.7 Å². The van der Waals surface area contributed by atoms with Crippen LogP contribution in [0, 0.1) is 0 Å². The van der Waals surface area contributed by atoms with Crippen molar-refractivity contribution in [1.82, 2.24) is 15.0 Å². The van der Waals surface area contributed by atoms with Crippen LogP contribution in [0.15, 0.2) is 28.8 Å². The number of carbonyl (C=O) groups is 1. The van der Waals surface area contributed by atoms with Crippen LogP contribution in [0.25, 0.3) is 0 Å². The van der Waals surface area contributed by atoms with E-state index in [2.05, 4.69) is 10.1 Å². The highest BCUT2D eigenvalue weighted by atomic mass is 16.5. The molecule has 2 aliphatic rings. The second kappa shape index (κ2) is 5.92. The number of hydrogen-bond acceptors (Lipinski definition) is 5. The Hall–Kier alpha value is -2.37. The normalized spacial score (nSPS) is 22.7. The van der Waals surface area contributed by atoms with Gasteiger partial charge in [-0.05, 0) is 24.5 Å². The summed E-state index contributed by atoms with van der Waals surface area (Å²) in [4.78, 5) is 19.3. The van der Waals surface area contributed by atoms with E-state index in [9.17, 15) is 4.79 Å². The Morgan fingerprint density at radius 2 is 2.17 bits per heavy atom. The lowest BCUT2D eigenvalue weighted by Crippen LogP contribution is -2.41. The number of aromatic nitrogens is 2. The van der Waals surface area contributed by atoms with Gasteiger partial charge in [0.05, 0.1) is 6.04 Å². The molecule has 3 heterocycles. The summed E-state index contributed by atoms with van der Waals surface area (Å²) in [6.07, 6.45) is 1.99. The largest absolute Gasteiger partial charge is 0.480 e. The molecule has 1 saturated heterocycles. The molecule has 4 rings (SSSR count). The van der Waals surface area contributed by atoms with Crippen molar-refractivity contribution in [3.8, 4) is 5.75 Å². The summed E-state index contributed by atoms with van der Waals surface area (Å²) in [5.74, 6) is 2.25. The van der Waals surface area contributed by atoms with Crippen molar-refractivity contribution in [2.45, 2.75) is 51.2 Å². The number of para-hydroxylation sites is 1. The molecule has 0 N–H and O–H groups in total. The number of rotatable bonds is 3. The van der Waals surface area contributed by atoms with Gasteiger partial charge in [0.15, 0.2) is 11.9 Å². The lowest BCUT2D eigenvalue weighted by Gasteiger charge is -2.25. The maximum atomic E-state index is 13.0. The quantitative estimate of drug-likeness (QED) is 0.867. The summed E-state index contributed by atoms with van der Waals surface area (Å²) in [5, 5.41) is 4.10. The standard InChI is InChI=1S/C18H21N3O3/c1-11(2)17-19-16(20-24-17)13-7-5-9-21(13)18(22)15-10-12-6-3-4-8-14(12)23-15/h3-4,6,8,11,13,15H,5,7,9-10H2,1-2H3/t13-,15-/m0/s1. The molecule has 2 aromatic rings. The minimum atomic E-state index is -0.445. The van der Waals surface area contributed by atoms with Gasteiger partial charge in [-0.1, -0.05) is 37.2 Å². The van der Waals surface area contributed by atoms with Crippen molar-refractivity contribution in [3.63, 3.8) is 0 Å². The molecule has 6 heteroatoms. The number of ether oxygens (including phenoxy) is 1. The minimum Gasteiger partial charge on any atom is -0.480 e. The van der Waals surface area contributed by atoms with E-state index in [4.69, 9.17) is 9.26 Å². The first-order chi connectivity index (χ1) is 11.6. The van der Waals surface area contributed by atoms with Gasteiger partial charge in [0, 0.05) is 18.9 Å². The number of fused-ring (bicyclic) bond motifs is 1. The maximum Gasteiger partial charge on any atom is 0.264 e. The van der Waals surface area contributed by atoms with Crippen LogP contribution >= 0.6 is 0 Å². The molecule has 1 fully saturated rings. The lowest BCUT2D eigenvalue weighted by molar-refractivity contribution is -0.139. The molecule has 0 bridgehead atoms. The van der Waals surface area contributed by atoms with Crippen LogP contribution in [0.2, 0.25) is 0 Å². The Morgan fingerprint density at radius 3 is 2.92 bits per heavy atom. The van der Waals surface area contributed by atoms with Crippen LogP contribution in [-0.2, 0) is 11.2 Å². The fourth-order valence-corrected chi connectivity index (χ4v) is 3.42. The summed E-state index contributed by atoms with van der Waals surface area (Å²) in [5.41, 5.74) is 1.09. The Bertz CT molecular complexity index is 730. The van der Waals surface area contributed by atoms with E-state index >= 15 is 0 Å². The number of nitrogens with zero attached hydrogens (tertiary/aromatic N) is 3. The molecular weight excluding hydrogens is 306 g/mol. The summed E-state index contributed by atoms with van der Waals surface area (Å²) >= 11 is 0. The molecule has 1 aromatic carbocycles. The van der Waals surface area contributed by atoms with Crippen LogP contribution in [0.5, 0.6) is 5.75 Å². The zero-order valence-corrected chi connectivity index (χ0v) is 13.9. The highest BCUT2D eigenvalue weighted by Crippen LogP contribution is 2.34.